The van der Waals surface area contributed by atoms with E-state index in [1.165, 1.54) is 83.5 Å². The van der Waals surface area contributed by atoms with Crippen LogP contribution in [0.25, 0.3) is 0 Å². The molecule has 2 N–H and O–H groups in total. The molecule has 4 nitrogen and oxygen atoms in total. The van der Waals surface area contributed by atoms with Crippen molar-refractivity contribution < 1.29 is 14.4 Å². The number of hydrogen-bond donors (Lipinski definition) is 2. The van der Waals surface area contributed by atoms with E-state index in [9.17, 15) is 9.90 Å². The highest BCUT2D eigenvalue weighted by Crippen LogP contribution is 2.14. The summed E-state index contributed by atoms with van der Waals surface area (Å²) in [4.78, 5) is 12.2. The second-order valence-electron chi connectivity index (χ2n) is 9.39. The average Bonchev–Trinajstić information content (AvgIpc) is 2.70. The maximum absolute atomic E-state index is 12.2. The van der Waals surface area contributed by atoms with Gasteiger partial charge in [0.1, 0.15) is 0 Å². The van der Waals surface area contributed by atoms with Crippen molar-refractivity contribution in [1.82, 2.24) is 5.32 Å². The van der Waals surface area contributed by atoms with E-state index < -0.39 is 0 Å². The number of quaternary nitrogens is 1. The molecule has 29 heavy (non-hydrogen) atoms. The van der Waals surface area contributed by atoms with Crippen LogP contribution >= 0.6 is 0 Å². The minimum atomic E-state index is 0.00819. The monoisotopic (exact) mass is 413 g/mol. The van der Waals surface area contributed by atoms with Crippen molar-refractivity contribution in [3.05, 3.63) is 0 Å². The minimum Gasteiger partial charge on any atom is -0.396 e. The molecule has 0 aromatic rings. The van der Waals surface area contributed by atoms with E-state index in [2.05, 4.69) is 33.3 Å². The molecule has 1 amide bonds. The number of rotatable bonds is 21. The molecule has 0 bridgehead atoms. The fourth-order valence-electron chi connectivity index (χ4n) is 3.85. The number of carbonyl (C=O) groups is 1. The Morgan fingerprint density at radius 3 is 1.55 bits per heavy atom. The predicted octanol–water partition coefficient (Wildman–Crippen LogP) is 6.17. The Morgan fingerprint density at radius 2 is 1.17 bits per heavy atom. The van der Waals surface area contributed by atoms with Crippen molar-refractivity contribution in [2.45, 2.75) is 129 Å². The number of nitrogens with one attached hydrogen (secondary N) is 1. The van der Waals surface area contributed by atoms with Gasteiger partial charge in [0.2, 0.25) is 5.91 Å². The average molecular weight is 414 g/mol. The third-order valence-electron chi connectivity index (χ3n) is 6.40. The van der Waals surface area contributed by atoms with Crippen LogP contribution in [0.15, 0.2) is 0 Å². The van der Waals surface area contributed by atoms with Crippen LogP contribution in [0.1, 0.15) is 123 Å². The van der Waals surface area contributed by atoms with Crippen LogP contribution in [0.2, 0.25) is 0 Å². The topological polar surface area (TPSA) is 49.3 Å². The van der Waals surface area contributed by atoms with Crippen LogP contribution in [0.5, 0.6) is 0 Å². The number of aliphatic hydroxyl groups excluding tert-OH is 1. The van der Waals surface area contributed by atoms with Gasteiger partial charge in [-0.1, -0.05) is 96.8 Å². The van der Waals surface area contributed by atoms with Gasteiger partial charge in [-0.15, -0.1) is 0 Å². The summed E-state index contributed by atoms with van der Waals surface area (Å²) in [5.41, 5.74) is 0. The smallest absolute Gasteiger partial charge is 0.224 e. The Balaban J connectivity index is 3.50. The van der Waals surface area contributed by atoms with Gasteiger partial charge in [0, 0.05) is 12.8 Å². The normalized spacial score (nSPS) is 12.9. The lowest BCUT2D eigenvalue weighted by Gasteiger charge is -2.37. The quantitative estimate of drug-likeness (QED) is 0.134. The SMILES string of the molecule is CCCCCCCCCCCCCCCCCC(=O)NC(CCO)[N+](C)(C)CC. The molecule has 0 saturated carbocycles. The highest BCUT2D eigenvalue weighted by molar-refractivity contribution is 5.75. The first-order valence-corrected chi connectivity index (χ1v) is 12.7. The molecule has 0 saturated heterocycles. The van der Waals surface area contributed by atoms with Gasteiger partial charge in [-0.2, -0.15) is 0 Å². The lowest BCUT2D eigenvalue weighted by atomic mass is 10.0. The summed E-state index contributed by atoms with van der Waals surface area (Å²) < 4.78 is 0.713. The summed E-state index contributed by atoms with van der Waals surface area (Å²) in [6, 6.07) is 0. The Labute approximate surface area is 182 Å². The standard InChI is InChI=1S/C25H52N2O2/c1-5-7-8-9-10-11-12-13-14-15-16-17-18-19-20-21-25(29)26-24(22-23-28)27(3,4)6-2/h24,28H,5-23H2,1-4H3/p+1. The molecule has 0 fully saturated rings. The van der Waals surface area contributed by atoms with Crippen LogP contribution in [-0.4, -0.2) is 48.9 Å². The third-order valence-corrected chi connectivity index (χ3v) is 6.40. The van der Waals surface area contributed by atoms with Gasteiger partial charge in [0.15, 0.2) is 6.17 Å². The maximum atomic E-state index is 12.2. The number of unbranched alkanes of at least 4 members (excludes halogenated alkanes) is 14. The van der Waals surface area contributed by atoms with Crippen LogP contribution in [-0.2, 0) is 4.79 Å². The van der Waals surface area contributed by atoms with Gasteiger partial charge < -0.3 is 14.9 Å². The molecule has 0 aliphatic rings. The number of aliphatic hydroxyl groups is 1. The molecular weight excluding hydrogens is 360 g/mol. The molecule has 174 valence electrons. The van der Waals surface area contributed by atoms with Gasteiger partial charge in [-0.25, -0.2) is 0 Å². The van der Waals surface area contributed by atoms with Crippen LogP contribution in [0.4, 0.5) is 0 Å². The Kier molecular flexibility index (Phi) is 19.0. The zero-order valence-corrected chi connectivity index (χ0v) is 20.3. The van der Waals surface area contributed by atoms with Crippen molar-refractivity contribution in [3.63, 3.8) is 0 Å². The van der Waals surface area contributed by atoms with E-state index in [-0.39, 0.29) is 18.7 Å². The summed E-state index contributed by atoms with van der Waals surface area (Å²) in [5, 5.41) is 12.4. The summed E-state index contributed by atoms with van der Waals surface area (Å²) in [6.45, 7) is 5.45. The van der Waals surface area contributed by atoms with Gasteiger partial charge in [-0.05, 0) is 13.3 Å². The number of amides is 1. The molecule has 1 atom stereocenters. The van der Waals surface area contributed by atoms with Gasteiger partial charge in [0.25, 0.3) is 0 Å². The first-order valence-electron chi connectivity index (χ1n) is 12.7. The van der Waals surface area contributed by atoms with E-state index in [0.717, 1.165) is 19.4 Å². The molecule has 0 aliphatic heterocycles. The maximum Gasteiger partial charge on any atom is 0.224 e. The van der Waals surface area contributed by atoms with E-state index in [1.807, 2.05) is 0 Å². The van der Waals surface area contributed by atoms with Crippen molar-refractivity contribution in [2.75, 3.05) is 27.2 Å². The van der Waals surface area contributed by atoms with Crippen molar-refractivity contribution >= 4 is 5.91 Å². The summed E-state index contributed by atoms with van der Waals surface area (Å²) in [5.74, 6) is 0.137. The van der Waals surface area contributed by atoms with Crippen LogP contribution in [0, 0.1) is 0 Å². The molecule has 1 unspecified atom stereocenters. The summed E-state index contributed by atoms with van der Waals surface area (Å²) >= 11 is 0. The Morgan fingerprint density at radius 1 is 0.759 bits per heavy atom. The van der Waals surface area contributed by atoms with Gasteiger partial charge >= 0.3 is 0 Å². The molecule has 0 rings (SSSR count). The number of nitrogens with zero attached hydrogens (tertiary/aromatic N) is 1. The van der Waals surface area contributed by atoms with E-state index >= 15 is 0 Å². The Bertz CT molecular complexity index is 372. The molecule has 0 spiro atoms. The fourth-order valence-corrected chi connectivity index (χ4v) is 3.85. The van der Waals surface area contributed by atoms with Crippen LogP contribution in [0.3, 0.4) is 0 Å². The van der Waals surface area contributed by atoms with Crippen molar-refractivity contribution in [1.29, 1.82) is 0 Å². The van der Waals surface area contributed by atoms with Crippen molar-refractivity contribution in [2.24, 2.45) is 0 Å². The molecule has 0 heterocycles. The second kappa shape index (κ2) is 19.4. The highest BCUT2D eigenvalue weighted by atomic mass is 16.3. The molecule has 0 aromatic heterocycles. The third kappa shape index (κ3) is 16.8. The van der Waals surface area contributed by atoms with Gasteiger partial charge in [0.05, 0.1) is 27.2 Å². The summed E-state index contributed by atoms with van der Waals surface area (Å²) in [7, 11) is 4.21. The largest absolute Gasteiger partial charge is 0.396 e. The molecule has 0 aromatic carbocycles. The second-order valence-corrected chi connectivity index (χ2v) is 9.39. The molecular formula is C25H53N2O2+. The Hall–Kier alpha value is -0.610. The molecule has 4 heteroatoms. The first kappa shape index (κ1) is 28.4. The van der Waals surface area contributed by atoms with E-state index in [1.54, 1.807) is 0 Å². The molecule has 0 aliphatic carbocycles. The van der Waals surface area contributed by atoms with E-state index in [4.69, 9.17) is 0 Å². The predicted molar refractivity (Wildman–Crippen MR) is 126 cm³/mol. The zero-order valence-electron chi connectivity index (χ0n) is 20.3. The first-order chi connectivity index (χ1) is 14.0. The number of hydrogen-bond acceptors (Lipinski definition) is 2. The minimum absolute atomic E-state index is 0.00819. The molecule has 0 radical (unpaired) electrons. The van der Waals surface area contributed by atoms with Gasteiger partial charge in [-0.3, -0.25) is 4.79 Å². The zero-order chi connectivity index (χ0) is 21.8. The van der Waals surface area contributed by atoms with E-state index in [0.29, 0.717) is 17.3 Å². The van der Waals surface area contributed by atoms with Crippen LogP contribution < -0.4 is 5.32 Å². The fraction of sp³-hybridized carbons (Fsp3) is 0.960. The number of carbonyl (C=O) groups excluding carboxylic acids is 1. The van der Waals surface area contributed by atoms with Crippen molar-refractivity contribution in [3.8, 4) is 0 Å². The highest BCUT2D eigenvalue weighted by Gasteiger charge is 2.27. The lowest BCUT2D eigenvalue weighted by Crippen LogP contribution is -2.57. The summed E-state index contributed by atoms with van der Waals surface area (Å²) in [6.07, 6.45) is 21.4. The lowest BCUT2D eigenvalue weighted by molar-refractivity contribution is -0.916.